The van der Waals surface area contributed by atoms with Crippen molar-refractivity contribution in [3.05, 3.63) is 96.1 Å². The van der Waals surface area contributed by atoms with Gasteiger partial charge in [-0.25, -0.2) is 0 Å². The van der Waals surface area contributed by atoms with Crippen LogP contribution in [0, 0.1) is 13.8 Å². The first-order valence-corrected chi connectivity index (χ1v) is 12.6. The zero-order valence-corrected chi connectivity index (χ0v) is 20.3. The second kappa shape index (κ2) is 6.57. The number of benzene rings is 5. The monoisotopic (exact) mass is 477 g/mol. The summed E-state index contributed by atoms with van der Waals surface area (Å²) in [5.41, 5.74) is 9.15. The van der Waals surface area contributed by atoms with Crippen LogP contribution in [-0.2, 0) is 0 Å². The van der Waals surface area contributed by atoms with E-state index < -0.39 is 0 Å². The fourth-order valence-corrected chi connectivity index (χ4v) is 6.65. The van der Waals surface area contributed by atoms with E-state index in [0.29, 0.717) is 0 Å². The second-order valence-electron chi connectivity index (χ2n) is 10.2. The van der Waals surface area contributed by atoms with E-state index in [4.69, 9.17) is 14.2 Å². The molecule has 5 heteroatoms. The summed E-state index contributed by atoms with van der Waals surface area (Å²) < 4.78 is 21.9. The van der Waals surface area contributed by atoms with E-state index in [-0.39, 0.29) is 6.71 Å². The number of aromatic nitrogens is 1. The third-order valence-electron chi connectivity index (χ3n) is 8.14. The Bertz CT molecular complexity index is 1870. The maximum absolute atomic E-state index is 6.60. The lowest BCUT2D eigenvalue weighted by atomic mass is 9.34. The Kier molecular flexibility index (Phi) is 3.47. The molecule has 0 bridgehead atoms. The van der Waals surface area contributed by atoms with Gasteiger partial charge in [-0.15, -0.1) is 0 Å². The topological polar surface area (TPSA) is 32.6 Å². The fourth-order valence-electron chi connectivity index (χ4n) is 6.65. The number of hydrogen-bond donors (Lipinski definition) is 0. The van der Waals surface area contributed by atoms with E-state index in [2.05, 4.69) is 66.9 Å². The van der Waals surface area contributed by atoms with Gasteiger partial charge < -0.3 is 18.8 Å². The molecule has 0 radical (unpaired) electrons. The molecule has 9 rings (SSSR count). The maximum Gasteiger partial charge on any atom is 0.270 e. The van der Waals surface area contributed by atoms with Gasteiger partial charge >= 0.3 is 0 Å². The van der Waals surface area contributed by atoms with E-state index in [9.17, 15) is 0 Å². The molecular formula is C32H20BNO3. The van der Waals surface area contributed by atoms with Crippen LogP contribution in [0.5, 0.6) is 34.5 Å². The molecule has 4 nitrogen and oxygen atoms in total. The summed E-state index contributed by atoms with van der Waals surface area (Å²) in [5.74, 6) is 5.06. The number of hydrogen-bond acceptors (Lipinski definition) is 3. The summed E-state index contributed by atoms with van der Waals surface area (Å²) in [7, 11) is 0. The molecule has 0 saturated carbocycles. The smallest absolute Gasteiger partial charge is 0.270 e. The van der Waals surface area contributed by atoms with E-state index in [1.807, 2.05) is 36.4 Å². The molecule has 0 atom stereocenters. The van der Waals surface area contributed by atoms with Gasteiger partial charge in [-0.2, -0.15) is 0 Å². The molecule has 1 aromatic heterocycles. The van der Waals surface area contributed by atoms with E-state index >= 15 is 0 Å². The Balaban J connectivity index is 1.39. The zero-order valence-electron chi connectivity index (χ0n) is 20.3. The number of nitrogens with zero attached hydrogens (tertiary/aromatic N) is 1. The van der Waals surface area contributed by atoms with E-state index in [0.717, 1.165) is 56.6 Å². The highest BCUT2D eigenvalue weighted by atomic mass is 16.5. The third-order valence-corrected chi connectivity index (χ3v) is 8.14. The quantitative estimate of drug-likeness (QED) is 0.263. The van der Waals surface area contributed by atoms with Gasteiger partial charge in [-0.05, 0) is 49.2 Å². The average molecular weight is 477 g/mol. The Morgan fingerprint density at radius 1 is 0.514 bits per heavy atom. The summed E-state index contributed by atoms with van der Waals surface area (Å²) in [5, 5.41) is 2.50. The Morgan fingerprint density at radius 2 is 0.919 bits per heavy atom. The lowest BCUT2D eigenvalue weighted by Crippen LogP contribution is -2.59. The first-order chi connectivity index (χ1) is 18.2. The van der Waals surface area contributed by atoms with Gasteiger partial charge in [0.2, 0.25) is 0 Å². The molecule has 4 heterocycles. The molecule has 0 N–H and O–H groups in total. The van der Waals surface area contributed by atoms with Crippen LogP contribution in [0.4, 0.5) is 0 Å². The Labute approximate surface area is 213 Å². The Morgan fingerprint density at radius 3 is 1.41 bits per heavy atom. The minimum absolute atomic E-state index is 0.0225. The highest BCUT2D eigenvalue weighted by molar-refractivity contribution is 6.99. The molecule has 0 fully saturated rings. The number of fused-ring (bicyclic) bond motifs is 3. The van der Waals surface area contributed by atoms with E-state index in [1.54, 1.807) is 0 Å². The molecule has 0 aliphatic carbocycles. The molecule has 3 aliphatic heterocycles. The van der Waals surface area contributed by atoms with Gasteiger partial charge in [0, 0.05) is 39.3 Å². The summed E-state index contributed by atoms with van der Waals surface area (Å²) >= 11 is 0. The largest absolute Gasteiger partial charge is 0.458 e. The first kappa shape index (κ1) is 19.5. The predicted molar refractivity (Wildman–Crippen MR) is 148 cm³/mol. The number of aryl methyl sites for hydroxylation is 2. The Hall–Kier alpha value is -4.64. The minimum atomic E-state index is 0.0225. The van der Waals surface area contributed by atoms with Crippen molar-refractivity contribution in [2.75, 3.05) is 0 Å². The first-order valence-electron chi connectivity index (χ1n) is 12.6. The number of rotatable bonds is 1. The molecule has 0 spiro atoms. The van der Waals surface area contributed by atoms with Crippen LogP contribution in [0.15, 0.2) is 84.9 Å². The molecule has 174 valence electrons. The van der Waals surface area contributed by atoms with Crippen LogP contribution in [0.2, 0.25) is 0 Å². The number of ether oxygens (including phenoxy) is 3. The minimum Gasteiger partial charge on any atom is -0.458 e. The van der Waals surface area contributed by atoms with Gasteiger partial charge in [0.15, 0.2) is 0 Å². The van der Waals surface area contributed by atoms with Crippen LogP contribution in [0.3, 0.4) is 0 Å². The van der Waals surface area contributed by atoms with Crippen molar-refractivity contribution in [3.63, 3.8) is 0 Å². The summed E-state index contributed by atoms with van der Waals surface area (Å²) in [4.78, 5) is 0. The lowest BCUT2D eigenvalue weighted by molar-refractivity contribution is 0.442. The summed E-state index contributed by atoms with van der Waals surface area (Å²) in [6, 6.07) is 29.5. The molecule has 3 aliphatic rings. The normalized spacial score (nSPS) is 13.7. The number of para-hydroxylation sites is 2. The summed E-state index contributed by atoms with van der Waals surface area (Å²) in [6.45, 7) is 4.38. The van der Waals surface area contributed by atoms with Gasteiger partial charge in [0.05, 0.1) is 16.7 Å². The third kappa shape index (κ3) is 2.35. The van der Waals surface area contributed by atoms with Gasteiger partial charge in [0.25, 0.3) is 6.71 Å². The highest BCUT2D eigenvalue weighted by Gasteiger charge is 2.46. The van der Waals surface area contributed by atoms with Crippen molar-refractivity contribution in [2.45, 2.75) is 13.8 Å². The van der Waals surface area contributed by atoms with Crippen molar-refractivity contribution in [3.8, 4) is 40.2 Å². The zero-order chi connectivity index (χ0) is 24.4. The van der Waals surface area contributed by atoms with Gasteiger partial charge in [0.1, 0.15) is 34.5 Å². The van der Waals surface area contributed by atoms with Crippen molar-refractivity contribution in [1.82, 2.24) is 4.57 Å². The average Bonchev–Trinajstić information content (AvgIpc) is 3.26. The SMILES string of the molecule is Cc1cccc2c3cccc(C)c3n(-c3cc4c5c(c3)Oc3cccc6c3B5c3c(cccc3O4)O6)c12. The second-order valence-corrected chi connectivity index (χ2v) is 10.2. The van der Waals surface area contributed by atoms with Gasteiger partial charge in [-0.3, -0.25) is 0 Å². The molecule has 0 amide bonds. The van der Waals surface area contributed by atoms with Crippen LogP contribution < -0.4 is 30.6 Å². The predicted octanol–water partition coefficient (Wildman–Crippen LogP) is 6.23. The highest BCUT2D eigenvalue weighted by Crippen LogP contribution is 2.44. The van der Waals surface area contributed by atoms with Gasteiger partial charge in [-0.1, -0.05) is 48.5 Å². The van der Waals surface area contributed by atoms with Crippen molar-refractivity contribution in [1.29, 1.82) is 0 Å². The molecule has 0 unspecified atom stereocenters. The van der Waals surface area contributed by atoms with Crippen LogP contribution in [0.25, 0.3) is 27.5 Å². The van der Waals surface area contributed by atoms with E-state index in [1.165, 1.54) is 32.9 Å². The van der Waals surface area contributed by atoms with Crippen LogP contribution in [0.1, 0.15) is 11.1 Å². The fraction of sp³-hybridized carbons (Fsp3) is 0.0625. The molecule has 0 saturated heterocycles. The standard InChI is InChI=1S/C32H20BNO3/c1-17-7-3-9-20-21-10-4-8-18(2)32(21)34(31(17)20)19-15-26-30-27(16-19)37-25-14-6-12-23-29(25)33(30)28-22(35-23)11-5-13-24(28)36-26/h3-16H,1-2H3. The van der Waals surface area contributed by atoms with Crippen molar-refractivity contribution in [2.24, 2.45) is 0 Å². The van der Waals surface area contributed by atoms with Crippen LogP contribution in [-0.4, -0.2) is 11.3 Å². The van der Waals surface area contributed by atoms with Crippen molar-refractivity contribution >= 4 is 44.9 Å². The molecular weight excluding hydrogens is 457 g/mol. The summed E-state index contributed by atoms with van der Waals surface area (Å²) in [6.07, 6.45) is 0. The molecule has 6 aromatic rings. The molecule has 37 heavy (non-hydrogen) atoms. The molecule has 5 aromatic carbocycles. The van der Waals surface area contributed by atoms with Crippen molar-refractivity contribution < 1.29 is 14.2 Å². The maximum atomic E-state index is 6.60. The van der Waals surface area contributed by atoms with Crippen LogP contribution >= 0.6 is 0 Å². The lowest BCUT2D eigenvalue weighted by Gasteiger charge is -2.37.